The predicted octanol–water partition coefficient (Wildman–Crippen LogP) is 5.73. The fourth-order valence-electron chi connectivity index (χ4n) is 3.34. The van der Waals surface area contributed by atoms with Crippen molar-refractivity contribution >= 4 is 23.4 Å². The monoisotopic (exact) mass is 480 g/mol. The molecule has 34 heavy (non-hydrogen) atoms. The summed E-state index contributed by atoms with van der Waals surface area (Å²) in [6, 6.07) is 21.9. The molecule has 0 spiro atoms. The van der Waals surface area contributed by atoms with Gasteiger partial charge in [-0.3, -0.25) is 4.79 Å². The fourth-order valence-corrected chi connectivity index (χ4v) is 3.57. The number of nitrogens with zero attached hydrogens (tertiary/aromatic N) is 1. The quantitative estimate of drug-likeness (QED) is 0.376. The van der Waals surface area contributed by atoms with Crippen molar-refractivity contribution in [2.24, 2.45) is 0 Å². The van der Waals surface area contributed by atoms with Crippen LogP contribution < -0.4 is 14.8 Å². The number of urea groups is 1. The van der Waals surface area contributed by atoms with Crippen LogP contribution in [-0.2, 0) is 13.2 Å². The molecule has 7 heteroatoms. The number of ketones is 1. The van der Waals surface area contributed by atoms with Gasteiger partial charge in [0.15, 0.2) is 5.78 Å². The highest BCUT2D eigenvalue weighted by atomic mass is 35.5. The van der Waals surface area contributed by atoms with Gasteiger partial charge in [0.2, 0.25) is 0 Å². The Bertz CT molecular complexity index is 1120. The number of nitrogens with one attached hydrogen (secondary N) is 1. The maximum Gasteiger partial charge on any atom is 0.317 e. The number of hydrogen-bond donors (Lipinski definition) is 1. The molecule has 1 N–H and O–H groups in total. The number of carbonyl (C=O) groups is 2. The topological polar surface area (TPSA) is 67.9 Å². The lowest BCUT2D eigenvalue weighted by Gasteiger charge is -2.22. The Morgan fingerprint density at radius 3 is 2.38 bits per heavy atom. The van der Waals surface area contributed by atoms with Gasteiger partial charge in [-0.15, -0.1) is 0 Å². The minimum absolute atomic E-state index is 0.0322. The molecular formula is C27H29ClN2O4. The van der Waals surface area contributed by atoms with E-state index in [1.54, 1.807) is 18.2 Å². The predicted molar refractivity (Wildman–Crippen MR) is 134 cm³/mol. The third-order valence-corrected chi connectivity index (χ3v) is 5.27. The normalized spacial score (nSPS) is 10.6. The Kier molecular flexibility index (Phi) is 8.93. The van der Waals surface area contributed by atoms with Gasteiger partial charge < -0.3 is 19.7 Å². The molecule has 0 aromatic heterocycles. The molecule has 3 aromatic rings. The van der Waals surface area contributed by atoms with E-state index < -0.39 is 0 Å². The zero-order chi connectivity index (χ0) is 24.5. The van der Waals surface area contributed by atoms with E-state index in [-0.39, 0.29) is 31.0 Å². The van der Waals surface area contributed by atoms with Crippen molar-refractivity contribution in [3.63, 3.8) is 0 Å². The summed E-state index contributed by atoms with van der Waals surface area (Å²) in [4.78, 5) is 26.9. The van der Waals surface area contributed by atoms with Gasteiger partial charge in [0, 0.05) is 19.2 Å². The van der Waals surface area contributed by atoms with E-state index in [1.807, 2.05) is 68.4 Å². The molecule has 0 radical (unpaired) electrons. The van der Waals surface area contributed by atoms with Crippen LogP contribution in [0.15, 0.2) is 72.8 Å². The lowest BCUT2D eigenvalue weighted by Crippen LogP contribution is -2.40. The second kappa shape index (κ2) is 12.1. The third-order valence-electron chi connectivity index (χ3n) is 4.97. The molecule has 0 saturated heterocycles. The van der Waals surface area contributed by atoms with Crippen LogP contribution in [0.2, 0.25) is 5.02 Å². The zero-order valence-electron chi connectivity index (χ0n) is 19.6. The molecule has 0 atom stereocenters. The average Bonchev–Trinajstić information content (AvgIpc) is 2.83. The van der Waals surface area contributed by atoms with E-state index in [0.29, 0.717) is 28.7 Å². The molecule has 0 unspecified atom stereocenters. The summed E-state index contributed by atoms with van der Waals surface area (Å²) < 4.78 is 11.5. The van der Waals surface area contributed by atoms with E-state index in [0.717, 1.165) is 11.1 Å². The first-order valence-electron chi connectivity index (χ1n) is 11.1. The SMILES string of the molecule is CNC(=O)N(CC(=O)c1ccc(OC(C)C)c(Cl)c1)Cc1cccc(OCc2ccccc2)c1. The zero-order valence-corrected chi connectivity index (χ0v) is 20.3. The largest absolute Gasteiger partial charge is 0.489 e. The lowest BCUT2D eigenvalue weighted by atomic mass is 10.1. The van der Waals surface area contributed by atoms with Gasteiger partial charge in [-0.25, -0.2) is 4.79 Å². The number of halogens is 1. The van der Waals surface area contributed by atoms with Gasteiger partial charge in [0.25, 0.3) is 0 Å². The highest BCUT2D eigenvalue weighted by molar-refractivity contribution is 6.32. The summed E-state index contributed by atoms with van der Waals surface area (Å²) in [6.07, 6.45) is -0.0322. The van der Waals surface area contributed by atoms with Crippen LogP contribution in [0.4, 0.5) is 4.79 Å². The van der Waals surface area contributed by atoms with Crippen molar-refractivity contribution in [2.45, 2.75) is 33.1 Å². The number of rotatable bonds is 10. The molecule has 0 fully saturated rings. The van der Waals surface area contributed by atoms with Gasteiger partial charge in [-0.2, -0.15) is 0 Å². The molecule has 0 heterocycles. The molecule has 2 amide bonds. The summed E-state index contributed by atoms with van der Waals surface area (Å²) in [5.74, 6) is 0.985. The number of benzene rings is 3. The van der Waals surface area contributed by atoms with E-state index in [9.17, 15) is 9.59 Å². The second-order valence-electron chi connectivity index (χ2n) is 8.07. The first-order chi connectivity index (χ1) is 16.4. The van der Waals surface area contributed by atoms with Gasteiger partial charge >= 0.3 is 6.03 Å². The molecule has 0 aliphatic rings. The lowest BCUT2D eigenvalue weighted by molar-refractivity contribution is 0.0940. The van der Waals surface area contributed by atoms with Crippen molar-refractivity contribution < 1.29 is 19.1 Å². The van der Waals surface area contributed by atoms with Crippen LogP contribution in [-0.4, -0.2) is 36.4 Å². The molecule has 3 rings (SSSR count). The maximum absolute atomic E-state index is 12.9. The maximum atomic E-state index is 12.9. The van der Waals surface area contributed by atoms with Crippen LogP contribution in [0.1, 0.15) is 35.3 Å². The van der Waals surface area contributed by atoms with E-state index in [2.05, 4.69) is 5.32 Å². The summed E-state index contributed by atoms with van der Waals surface area (Å²) in [5.41, 5.74) is 2.32. The number of carbonyl (C=O) groups excluding carboxylic acids is 2. The minimum atomic E-state index is -0.352. The Labute approximate surface area is 205 Å². The minimum Gasteiger partial charge on any atom is -0.489 e. The van der Waals surface area contributed by atoms with Crippen molar-refractivity contribution in [2.75, 3.05) is 13.6 Å². The van der Waals surface area contributed by atoms with Crippen LogP contribution in [0, 0.1) is 0 Å². The third kappa shape index (κ3) is 7.25. The summed E-state index contributed by atoms with van der Waals surface area (Å²) in [5, 5.41) is 2.96. The summed E-state index contributed by atoms with van der Waals surface area (Å²) >= 11 is 6.28. The fraction of sp³-hybridized carbons (Fsp3) is 0.259. The Hall–Kier alpha value is -3.51. The summed E-state index contributed by atoms with van der Waals surface area (Å²) in [6.45, 7) is 4.39. The van der Waals surface area contributed by atoms with E-state index in [4.69, 9.17) is 21.1 Å². The standard InChI is InChI=1S/C27H29ClN2O4/c1-19(2)34-26-13-12-22(15-24(26)28)25(31)17-30(27(32)29-3)16-21-10-7-11-23(14-21)33-18-20-8-5-4-6-9-20/h4-15,19H,16-18H2,1-3H3,(H,29,32). The first-order valence-corrected chi connectivity index (χ1v) is 11.4. The van der Waals surface area contributed by atoms with Crippen molar-refractivity contribution in [1.82, 2.24) is 10.2 Å². The molecule has 0 aliphatic carbocycles. The Morgan fingerprint density at radius 1 is 0.971 bits per heavy atom. The van der Waals surface area contributed by atoms with Gasteiger partial charge in [-0.1, -0.05) is 54.1 Å². The van der Waals surface area contributed by atoms with Gasteiger partial charge in [-0.05, 0) is 55.3 Å². The average molecular weight is 481 g/mol. The summed E-state index contributed by atoms with van der Waals surface area (Å²) in [7, 11) is 1.54. The number of ether oxygens (including phenoxy) is 2. The molecule has 0 aliphatic heterocycles. The highest BCUT2D eigenvalue weighted by Crippen LogP contribution is 2.27. The van der Waals surface area contributed by atoms with Crippen LogP contribution in [0.25, 0.3) is 0 Å². The highest BCUT2D eigenvalue weighted by Gasteiger charge is 2.19. The van der Waals surface area contributed by atoms with E-state index in [1.165, 1.54) is 11.9 Å². The smallest absolute Gasteiger partial charge is 0.317 e. The molecule has 0 saturated carbocycles. The van der Waals surface area contributed by atoms with Crippen LogP contribution in [0.5, 0.6) is 11.5 Å². The van der Waals surface area contributed by atoms with Crippen molar-refractivity contribution in [3.8, 4) is 11.5 Å². The number of amides is 2. The molecule has 3 aromatic carbocycles. The van der Waals surface area contributed by atoms with E-state index >= 15 is 0 Å². The number of Topliss-reactive ketones (excluding diaryl/α,β-unsaturated/α-hetero) is 1. The van der Waals surface area contributed by atoms with Gasteiger partial charge in [0.1, 0.15) is 18.1 Å². The second-order valence-corrected chi connectivity index (χ2v) is 8.48. The van der Waals surface area contributed by atoms with Crippen LogP contribution in [0.3, 0.4) is 0 Å². The first kappa shape index (κ1) is 25.1. The molecule has 6 nitrogen and oxygen atoms in total. The molecule has 178 valence electrons. The number of hydrogen-bond acceptors (Lipinski definition) is 4. The molecular weight excluding hydrogens is 452 g/mol. The van der Waals surface area contributed by atoms with Gasteiger partial charge in [0.05, 0.1) is 17.7 Å². The van der Waals surface area contributed by atoms with Crippen molar-refractivity contribution in [3.05, 3.63) is 94.5 Å². The molecule has 0 bridgehead atoms. The van der Waals surface area contributed by atoms with Crippen molar-refractivity contribution in [1.29, 1.82) is 0 Å². The van der Waals surface area contributed by atoms with Crippen LogP contribution >= 0.6 is 11.6 Å². The Morgan fingerprint density at radius 2 is 1.71 bits per heavy atom. The Balaban J connectivity index is 1.68.